The first kappa shape index (κ1) is 12.0. The molecule has 1 atom stereocenters. The number of hydrogen-bond donors (Lipinski definition) is 1. The average Bonchev–Trinajstić information content (AvgIpc) is 2.11. The Morgan fingerprint density at radius 1 is 1.07 bits per heavy atom. The molecule has 0 saturated heterocycles. The lowest BCUT2D eigenvalue weighted by Crippen LogP contribution is -2.63. The second-order valence-corrected chi connectivity index (χ2v) is 4.24. The maximum absolute atomic E-state index is 6.28. The highest BCUT2D eigenvalue weighted by Gasteiger charge is 2.49. The molecule has 1 fully saturated rings. The molecule has 0 aromatic carbocycles. The summed E-state index contributed by atoms with van der Waals surface area (Å²) in [7, 11) is 0. The first-order valence-corrected chi connectivity index (χ1v) is 5.65. The van der Waals surface area contributed by atoms with E-state index in [-0.39, 0.29) is 5.54 Å². The smallest absolute Gasteiger partial charge is 0.185 e. The van der Waals surface area contributed by atoms with E-state index in [2.05, 4.69) is 0 Å². The maximum Gasteiger partial charge on any atom is 0.185 e. The first-order chi connectivity index (χ1) is 6.58. The fourth-order valence-electron chi connectivity index (χ4n) is 2.31. The van der Waals surface area contributed by atoms with Gasteiger partial charge in [0.15, 0.2) is 5.79 Å². The van der Waals surface area contributed by atoms with E-state index in [9.17, 15) is 0 Å². The van der Waals surface area contributed by atoms with Crippen molar-refractivity contribution < 1.29 is 9.47 Å². The fourth-order valence-corrected chi connectivity index (χ4v) is 2.31. The summed E-state index contributed by atoms with van der Waals surface area (Å²) in [6, 6.07) is 0. The van der Waals surface area contributed by atoms with Crippen molar-refractivity contribution in [1.82, 2.24) is 0 Å². The normalized spacial score (nSPS) is 31.7. The summed E-state index contributed by atoms with van der Waals surface area (Å²) in [6.07, 6.45) is 4.22. The van der Waals surface area contributed by atoms with E-state index in [1.165, 1.54) is 6.42 Å². The summed E-state index contributed by atoms with van der Waals surface area (Å²) in [6.45, 7) is 7.34. The molecule has 0 aliphatic heterocycles. The molecular formula is C11H23NO2. The van der Waals surface area contributed by atoms with Crippen LogP contribution in [-0.2, 0) is 9.47 Å². The lowest BCUT2D eigenvalue weighted by Gasteiger charge is -2.48. The largest absolute Gasteiger partial charge is 0.348 e. The maximum atomic E-state index is 6.28. The highest BCUT2D eigenvalue weighted by Crippen LogP contribution is 2.39. The Labute approximate surface area is 86.9 Å². The Bertz CT molecular complexity index is 169. The summed E-state index contributed by atoms with van der Waals surface area (Å²) in [5.41, 5.74) is 5.93. The van der Waals surface area contributed by atoms with E-state index in [1.807, 2.05) is 20.8 Å². The third kappa shape index (κ3) is 2.10. The summed E-state index contributed by atoms with van der Waals surface area (Å²) in [5, 5.41) is 0. The summed E-state index contributed by atoms with van der Waals surface area (Å²) in [4.78, 5) is 0. The topological polar surface area (TPSA) is 44.5 Å². The Balaban J connectivity index is 2.80. The summed E-state index contributed by atoms with van der Waals surface area (Å²) < 4.78 is 11.6. The molecule has 0 amide bonds. The van der Waals surface area contributed by atoms with Gasteiger partial charge in [-0.15, -0.1) is 0 Å². The molecule has 1 rings (SSSR count). The van der Waals surface area contributed by atoms with Gasteiger partial charge in [0.2, 0.25) is 0 Å². The molecule has 2 N–H and O–H groups in total. The lowest BCUT2D eigenvalue weighted by atomic mass is 9.78. The molecule has 3 heteroatoms. The molecule has 84 valence electrons. The predicted octanol–water partition coefficient (Wildman–Crippen LogP) is 2.05. The van der Waals surface area contributed by atoms with E-state index in [0.29, 0.717) is 13.2 Å². The highest BCUT2D eigenvalue weighted by atomic mass is 16.7. The molecule has 1 aliphatic carbocycles. The fraction of sp³-hybridized carbons (Fsp3) is 1.00. The SMILES string of the molecule is CCOC1(OCC)CCCCC1(C)N. The van der Waals surface area contributed by atoms with Gasteiger partial charge in [-0.25, -0.2) is 0 Å². The number of rotatable bonds is 4. The standard InChI is InChI=1S/C11H23NO2/c1-4-13-11(14-5-2)9-7-6-8-10(11,3)12/h4-9,12H2,1-3H3. The van der Waals surface area contributed by atoms with Gasteiger partial charge in [-0.1, -0.05) is 6.42 Å². The van der Waals surface area contributed by atoms with Gasteiger partial charge in [-0.2, -0.15) is 0 Å². The zero-order valence-electron chi connectivity index (χ0n) is 9.64. The van der Waals surface area contributed by atoms with E-state index in [1.54, 1.807) is 0 Å². The van der Waals surface area contributed by atoms with Crippen molar-refractivity contribution in [3.63, 3.8) is 0 Å². The van der Waals surface area contributed by atoms with Gasteiger partial charge in [0, 0.05) is 19.6 Å². The molecule has 0 radical (unpaired) electrons. The van der Waals surface area contributed by atoms with Gasteiger partial charge in [-0.3, -0.25) is 0 Å². The van der Waals surface area contributed by atoms with Crippen LogP contribution in [0.15, 0.2) is 0 Å². The van der Waals surface area contributed by atoms with Crippen LogP contribution < -0.4 is 5.73 Å². The van der Waals surface area contributed by atoms with Crippen molar-refractivity contribution in [1.29, 1.82) is 0 Å². The number of hydrogen-bond acceptors (Lipinski definition) is 3. The zero-order chi connectivity index (χ0) is 10.7. The van der Waals surface area contributed by atoms with Crippen LogP contribution in [-0.4, -0.2) is 24.5 Å². The molecule has 14 heavy (non-hydrogen) atoms. The third-order valence-electron chi connectivity index (χ3n) is 3.08. The average molecular weight is 201 g/mol. The molecule has 0 aromatic rings. The molecule has 1 aliphatic rings. The summed E-state index contributed by atoms with van der Waals surface area (Å²) >= 11 is 0. The minimum Gasteiger partial charge on any atom is -0.348 e. The minimum atomic E-state index is -0.547. The molecule has 0 aromatic heterocycles. The van der Waals surface area contributed by atoms with Gasteiger partial charge in [0.05, 0.1) is 5.54 Å². The van der Waals surface area contributed by atoms with Crippen LogP contribution in [0.4, 0.5) is 0 Å². The molecule has 1 saturated carbocycles. The van der Waals surface area contributed by atoms with Crippen LogP contribution in [0.2, 0.25) is 0 Å². The van der Waals surface area contributed by atoms with Gasteiger partial charge in [0.25, 0.3) is 0 Å². The van der Waals surface area contributed by atoms with Crippen molar-refractivity contribution in [2.75, 3.05) is 13.2 Å². The molecule has 0 spiro atoms. The quantitative estimate of drug-likeness (QED) is 0.708. The molecule has 1 unspecified atom stereocenters. The minimum absolute atomic E-state index is 0.350. The third-order valence-corrected chi connectivity index (χ3v) is 3.08. The van der Waals surface area contributed by atoms with Crippen LogP contribution in [0.5, 0.6) is 0 Å². The van der Waals surface area contributed by atoms with Gasteiger partial charge in [-0.05, 0) is 33.6 Å². The summed E-state index contributed by atoms with van der Waals surface area (Å²) in [5.74, 6) is -0.547. The monoisotopic (exact) mass is 201 g/mol. The van der Waals surface area contributed by atoms with Crippen LogP contribution in [0.1, 0.15) is 46.5 Å². The van der Waals surface area contributed by atoms with Gasteiger partial charge in [0.1, 0.15) is 0 Å². The highest BCUT2D eigenvalue weighted by molar-refractivity contribution is 4.98. The second kappa shape index (κ2) is 4.60. The predicted molar refractivity (Wildman–Crippen MR) is 57.0 cm³/mol. The Morgan fingerprint density at radius 3 is 2.00 bits per heavy atom. The van der Waals surface area contributed by atoms with Crippen molar-refractivity contribution in [2.45, 2.75) is 57.8 Å². The van der Waals surface area contributed by atoms with E-state index < -0.39 is 5.79 Å². The van der Waals surface area contributed by atoms with Gasteiger partial charge < -0.3 is 15.2 Å². The Kier molecular flexibility index (Phi) is 3.93. The van der Waals surface area contributed by atoms with Crippen molar-refractivity contribution >= 4 is 0 Å². The van der Waals surface area contributed by atoms with Gasteiger partial charge >= 0.3 is 0 Å². The van der Waals surface area contributed by atoms with Crippen molar-refractivity contribution in [3.05, 3.63) is 0 Å². The van der Waals surface area contributed by atoms with E-state index in [0.717, 1.165) is 19.3 Å². The molecule has 0 bridgehead atoms. The van der Waals surface area contributed by atoms with Crippen LogP contribution >= 0.6 is 0 Å². The number of ether oxygens (including phenoxy) is 2. The van der Waals surface area contributed by atoms with Crippen molar-refractivity contribution in [2.24, 2.45) is 5.73 Å². The van der Waals surface area contributed by atoms with Crippen LogP contribution in [0.25, 0.3) is 0 Å². The van der Waals surface area contributed by atoms with E-state index in [4.69, 9.17) is 15.2 Å². The molecular weight excluding hydrogens is 178 g/mol. The first-order valence-electron chi connectivity index (χ1n) is 5.65. The molecule has 3 nitrogen and oxygen atoms in total. The number of nitrogens with two attached hydrogens (primary N) is 1. The Hall–Kier alpha value is -0.120. The van der Waals surface area contributed by atoms with E-state index >= 15 is 0 Å². The lowest BCUT2D eigenvalue weighted by molar-refractivity contribution is -0.280. The Morgan fingerprint density at radius 2 is 1.57 bits per heavy atom. The zero-order valence-corrected chi connectivity index (χ0v) is 9.64. The van der Waals surface area contributed by atoms with Crippen LogP contribution in [0, 0.1) is 0 Å². The van der Waals surface area contributed by atoms with Crippen LogP contribution in [0.3, 0.4) is 0 Å². The molecule has 0 heterocycles. The van der Waals surface area contributed by atoms with Crippen molar-refractivity contribution in [3.8, 4) is 0 Å². The second-order valence-electron chi connectivity index (χ2n) is 4.24.